The molecular weight excluding hydrogens is 276 g/mol. The fraction of sp³-hybridized carbons (Fsp3) is 0.400. The van der Waals surface area contributed by atoms with Crippen LogP contribution in [0.2, 0.25) is 0 Å². The Balaban J connectivity index is 2.91. The van der Waals surface area contributed by atoms with Gasteiger partial charge in [0.1, 0.15) is 5.75 Å². The number of carboxylic acid groups (broad SMARTS) is 1. The average Bonchev–Trinajstić information content (AvgIpc) is 2.35. The molecule has 0 aliphatic rings. The van der Waals surface area contributed by atoms with Crippen LogP contribution in [0.25, 0.3) is 0 Å². The molecule has 0 spiro atoms. The van der Waals surface area contributed by atoms with Gasteiger partial charge in [0.05, 0.1) is 6.42 Å². The lowest BCUT2D eigenvalue weighted by atomic mass is 9.81. The highest BCUT2D eigenvalue weighted by atomic mass is 16.6. The van der Waals surface area contributed by atoms with E-state index in [2.05, 4.69) is 4.74 Å². The normalized spacial score (nSPS) is 10.8. The monoisotopic (exact) mass is 294 g/mol. The van der Waals surface area contributed by atoms with Crippen LogP contribution in [-0.2, 0) is 24.5 Å². The van der Waals surface area contributed by atoms with E-state index < -0.39 is 29.9 Å². The van der Waals surface area contributed by atoms with Gasteiger partial charge in [-0.05, 0) is 6.07 Å². The summed E-state index contributed by atoms with van der Waals surface area (Å²) in [5.41, 5.74) is -0.104. The molecule has 6 heteroatoms. The molecule has 0 radical (unpaired) electrons. The van der Waals surface area contributed by atoms with E-state index in [0.29, 0.717) is 5.56 Å². The van der Waals surface area contributed by atoms with E-state index in [1.54, 1.807) is 38.1 Å². The highest BCUT2D eigenvalue weighted by Gasteiger charge is 2.28. The zero-order chi connectivity index (χ0) is 16.0. The van der Waals surface area contributed by atoms with Gasteiger partial charge in [-0.2, -0.15) is 0 Å². The molecular formula is C15H18O6. The van der Waals surface area contributed by atoms with Gasteiger partial charge in [0.2, 0.25) is 0 Å². The second-order valence-electron chi connectivity index (χ2n) is 5.20. The zero-order valence-electron chi connectivity index (χ0n) is 12.2. The lowest BCUT2D eigenvalue weighted by Crippen LogP contribution is -2.24. The van der Waals surface area contributed by atoms with Crippen LogP contribution < -0.4 is 4.74 Å². The molecule has 0 saturated heterocycles. The molecule has 0 aliphatic heterocycles. The van der Waals surface area contributed by atoms with Crippen LogP contribution in [0.15, 0.2) is 24.3 Å². The molecule has 0 heterocycles. The number of ether oxygens (including phenoxy) is 2. The maximum atomic E-state index is 11.6. The Morgan fingerprint density at radius 2 is 1.81 bits per heavy atom. The molecule has 0 saturated carbocycles. The van der Waals surface area contributed by atoms with Crippen molar-refractivity contribution in [3.8, 4) is 5.75 Å². The third kappa shape index (κ3) is 5.25. The fourth-order valence-corrected chi connectivity index (χ4v) is 1.90. The highest BCUT2D eigenvalue weighted by molar-refractivity contribution is 5.77. The van der Waals surface area contributed by atoms with Crippen molar-refractivity contribution < 1.29 is 29.0 Å². The van der Waals surface area contributed by atoms with Gasteiger partial charge in [-0.3, -0.25) is 9.59 Å². The Morgan fingerprint density at radius 1 is 1.19 bits per heavy atom. The van der Waals surface area contributed by atoms with Crippen molar-refractivity contribution in [2.75, 3.05) is 6.61 Å². The quantitative estimate of drug-likeness (QED) is 0.636. The summed E-state index contributed by atoms with van der Waals surface area (Å²) in [5.74, 6) is -1.97. The summed E-state index contributed by atoms with van der Waals surface area (Å²) in [4.78, 5) is 33.2. The number of carbonyl (C=O) groups excluding carboxylic acids is 2. The molecule has 0 bridgehead atoms. The van der Waals surface area contributed by atoms with E-state index in [4.69, 9.17) is 9.84 Å². The highest BCUT2D eigenvalue weighted by Crippen LogP contribution is 2.34. The van der Waals surface area contributed by atoms with E-state index in [-0.39, 0.29) is 12.2 Å². The molecule has 0 amide bonds. The van der Waals surface area contributed by atoms with E-state index in [1.807, 2.05) is 0 Å². The Hall–Kier alpha value is -2.37. The Bertz CT molecular complexity index is 547. The first-order valence-corrected chi connectivity index (χ1v) is 6.38. The van der Waals surface area contributed by atoms with Crippen LogP contribution in [0.5, 0.6) is 5.75 Å². The molecule has 0 fully saturated rings. The summed E-state index contributed by atoms with van der Waals surface area (Å²) < 4.78 is 9.71. The van der Waals surface area contributed by atoms with Crippen LogP contribution in [0.1, 0.15) is 32.8 Å². The van der Waals surface area contributed by atoms with E-state index in [0.717, 1.165) is 0 Å². The van der Waals surface area contributed by atoms with Crippen molar-refractivity contribution >= 4 is 17.9 Å². The lowest BCUT2D eigenvalue weighted by molar-refractivity contribution is -0.152. The predicted molar refractivity (Wildman–Crippen MR) is 74.0 cm³/mol. The van der Waals surface area contributed by atoms with Crippen molar-refractivity contribution in [2.45, 2.75) is 32.6 Å². The predicted octanol–water partition coefficient (Wildman–Crippen LogP) is 1.91. The number of hydrogen-bond acceptors (Lipinski definition) is 5. The number of carbonyl (C=O) groups is 3. The molecule has 1 aromatic carbocycles. The topological polar surface area (TPSA) is 89.9 Å². The molecule has 6 nitrogen and oxygen atoms in total. The fourth-order valence-electron chi connectivity index (χ4n) is 1.90. The van der Waals surface area contributed by atoms with Gasteiger partial charge in [0, 0.05) is 17.9 Å². The van der Waals surface area contributed by atoms with Gasteiger partial charge in [0.15, 0.2) is 6.61 Å². The number of benzene rings is 1. The SMILES string of the molecule is CC(=O)OCC(=O)Oc1ccccc1C(C)(C)CC(=O)O. The van der Waals surface area contributed by atoms with Crippen LogP contribution in [0.3, 0.4) is 0 Å². The molecule has 114 valence electrons. The Labute approximate surface area is 122 Å². The Morgan fingerprint density at radius 3 is 2.38 bits per heavy atom. The first-order valence-electron chi connectivity index (χ1n) is 6.38. The summed E-state index contributed by atoms with van der Waals surface area (Å²) in [6.45, 7) is 4.21. The molecule has 0 aliphatic carbocycles. The first-order chi connectivity index (χ1) is 9.72. The van der Waals surface area contributed by atoms with Crippen LogP contribution in [0.4, 0.5) is 0 Å². The van der Waals surface area contributed by atoms with E-state index in [9.17, 15) is 14.4 Å². The maximum absolute atomic E-state index is 11.6. The second kappa shape index (κ2) is 6.88. The second-order valence-corrected chi connectivity index (χ2v) is 5.20. The molecule has 0 aromatic heterocycles. The van der Waals surface area contributed by atoms with Gasteiger partial charge in [-0.25, -0.2) is 4.79 Å². The molecule has 0 unspecified atom stereocenters. The van der Waals surface area contributed by atoms with E-state index >= 15 is 0 Å². The largest absolute Gasteiger partial charge is 0.481 e. The zero-order valence-corrected chi connectivity index (χ0v) is 12.2. The van der Waals surface area contributed by atoms with Gasteiger partial charge in [-0.1, -0.05) is 32.0 Å². The molecule has 0 atom stereocenters. The van der Waals surface area contributed by atoms with Gasteiger partial charge in [0.25, 0.3) is 0 Å². The third-order valence-electron chi connectivity index (χ3n) is 2.83. The maximum Gasteiger partial charge on any atom is 0.349 e. The van der Waals surface area contributed by atoms with Crippen LogP contribution in [-0.4, -0.2) is 29.6 Å². The summed E-state index contributed by atoms with van der Waals surface area (Å²) >= 11 is 0. The van der Waals surface area contributed by atoms with Crippen molar-refractivity contribution in [1.82, 2.24) is 0 Å². The molecule has 1 rings (SSSR count). The van der Waals surface area contributed by atoms with Crippen molar-refractivity contribution in [2.24, 2.45) is 0 Å². The van der Waals surface area contributed by atoms with Crippen molar-refractivity contribution in [3.05, 3.63) is 29.8 Å². The number of rotatable bonds is 6. The molecule has 21 heavy (non-hydrogen) atoms. The molecule has 1 N–H and O–H groups in total. The summed E-state index contributed by atoms with van der Waals surface area (Å²) in [7, 11) is 0. The Kier molecular flexibility index (Phi) is 5.46. The minimum atomic E-state index is -0.943. The minimum Gasteiger partial charge on any atom is -0.481 e. The summed E-state index contributed by atoms with van der Waals surface area (Å²) in [6, 6.07) is 6.69. The van der Waals surface area contributed by atoms with Crippen LogP contribution in [0, 0.1) is 0 Å². The van der Waals surface area contributed by atoms with Gasteiger partial charge < -0.3 is 14.6 Å². The minimum absolute atomic E-state index is 0.106. The van der Waals surface area contributed by atoms with Gasteiger partial charge in [-0.15, -0.1) is 0 Å². The lowest BCUT2D eigenvalue weighted by Gasteiger charge is -2.25. The van der Waals surface area contributed by atoms with Crippen molar-refractivity contribution in [3.63, 3.8) is 0 Å². The number of carboxylic acids is 1. The number of esters is 2. The standard InChI is InChI=1S/C15H18O6/c1-10(16)20-9-14(19)21-12-7-5-4-6-11(12)15(2,3)8-13(17)18/h4-7H,8-9H2,1-3H3,(H,17,18). The summed E-state index contributed by atoms with van der Waals surface area (Å²) in [5, 5.41) is 8.96. The molecule has 1 aromatic rings. The number of aliphatic carboxylic acids is 1. The van der Waals surface area contributed by atoms with Crippen molar-refractivity contribution in [1.29, 1.82) is 0 Å². The average molecular weight is 294 g/mol. The third-order valence-corrected chi connectivity index (χ3v) is 2.83. The van der Waals surface area contributed by atoms with E-state index in [1.165, 1.54) is 6.92 Å². The van der Waals surface area contributed by atoms with Gasteiger partial charge >= 0.3 is 17.9 Å². The number of para-hydroxylation sites is 1. The smallest absolute Gasteiger partial charge is 0.349 e. The summed E-state index contributed by atoms with van der Waals surface area (Å²) in [6.07, 6.45) is -0.106. The first kappa shape index (κ1) is 16.7. The number of hydrogen-bond donors (Lipinski definition) is 1. The van der Waals surface area contributed by atoms with Crippen LogP contribution >= 0.6 is 0 Å².